The van der Waals surface area contributed by atoms with Crippen LogP contribution in [0.5, 0.6) is 5.75 Å². The highest BCUT2D eigenvalue weighted by molar-refractivity contribution is 5.98. The lowest BCUT2D eigenvalue weighted by Crippen LogP contribution is -2.21. The molecule has 0 aliphatic rings. The highest BCUT2D eigenvalue weighted by atomic mass is 19.1. The van der Waals surface area contributed by atoms with Crippen molar-refractivity contribution >= 4 is 28.9 Å². The van der Waals surface area contributed by atoms with Gasteiger partial charge >= 0.3 is 5.97 Å². The second kappa shape index (κ2) is 9.23. The first-order chi connectivity index (χ1) is 14.0. The van der Waals surface area contributed by atoms with Gasteiger partial charge < -0.3 is 15.2 Å². The zero-order valence-electron chi connectivity index (χ0n) is 15.1. The molecule has 0 bridgehead atoms. The quantitative estimate of drug-likeness (QED) is 0.466. The fraction of sp³-hybridized carbons (Fsp3) is 0.0476. The lowest BCUT2D eigenvalue weighted by atomic mass is 10.2. The van der Waals surface area contributed by atoms with Gasteiger partial charge in [-0.15, -0.1) is 5.11 Å². The first-order valence-electron chi connectivity index (χ1n) is 8.53. The van der Waals surface area contributed by atoms with Crippen molar-refractivity contribution in [2.24, 2.45) is 10.2 Å². The number of hydrogen-bond donors (Lipinski definition) is 2. The minimum Gasteiger partial charge on any atom is -0.508 e. The number of benzene rings is 3. The molecule has 0 aliphatic carbocycles. The summed E-state index contributed by atoms with van der Waals surface area (Å²) < 4.78 is 18.2. The summed E-state index contributed by atoms with van der Waals surface area (Å²) in [5, 5.41) is 19.8. The van der Waals surface area contributed by atoms with E-state index < -0.39 is 24.3 Å². The Morgan fingerprint density at radius 2 is 1.72 bits per heavy atom. The van der Waals surface area contributed by atoms with E-state index in [1.54, 1.807) is 30.3 Å². The van der Waals surface area contributed by atoms with Crippen LogP contribution in [-0.4, -0.2) is 23.6 Å². The molecule has 0 atom stereocenters. The molecule has 0 saturated carbocycles. The number of azo groups is 1. The number of esters is 1. The number of halogens is 1. The van der Waals surface area contributed by atoms with Crippen LogP contribution in [0.4, 0.5) is 21.5 Å². The smallest absolute Gasteiger partial charge is 0.340 e. The van der Waals surface area contributed by atoms with Crippen LogP contribution < -0.4 is 5.32 Å². The van der Waals surface area contributed by atoms with Crippen LogP contribution in [0.25, 0.3) is 0 Å². The van der Waals surface area contributed by atoms with Crippen molar-refractivity contribution in [1.82, 2.24) is 0 Å². The molecule has 7 nitrogen and oxygen atoms in total. The van der Waals surface area contributed by atoms with E-state index in [1.165, 1.54) is 36.4 Å². The van der Waals surface area contributed by atoms with Gasteiger partial charge in [-0.05, 0) is 54.6 Å². The topological polar surface area (TPSA) is 100 Å². The van der Waals surface area contributed by atoms with E-state index in [4.69, 9.17) is 4.74 Å². The number of phenols is 1. The average molecular weight is 393 g/mol. The van der Waals surface area contributed by atoms with E-state index in [9.17, 15) is 19.1 Å². The van der Waals surface area contributed by atoms with Crippen LogP contribution in [0.2, 0.25) is 0 Å². The van der Waals surface area contributed by atoms with E-state index >= 15 is 0 Å². The Morgan fingerprint density at radius 1 is 0.966 bits per heavy atom. The van der Waals surface area contributed by atoms with Crippen LogP contribution >= 0.6 is 0 Å². The molecule has 2 N–H and O–H groups in total. The van der Waals surface area contributed by atoms with Gasteiger partial charge in [-0.3, -0.25) is 4.79 Å². The number of carbonyl (C=O) groups is 2. The standard InChI is InChI=1S/C21H16FN3O4/c22-14-4-3-5-16(12-14)23-20(27)13-29-21(28)18-6-1-2-7-19(18)25-24-15-8-10-17(26)11-9-15/h1-12,26H,13H2,(H,23,27). The molecule has 0 aliphatic heterocycles. The van der Waals surface area contributed by atoms with E-state index in [1.807, 2.05) is 0 Å². The molecule has 0 aromatic heterocycles. The van der Waals surface area contributed by atoms with E-state index in [0.717, 1.165) is 6.07 Å². The molecular weight excluding hydrogens is 377 g/mol. The maximum absolute atomic E-state index is 13.1. The number of anilines is 1. The summed E-state index contributed by atoms with van der Waals surface area (Å²) in [6.45, 7) is -0.543. The molecular formula is C21H16FN3O4. The molecule has 1 amide bonds. The van der Waals surface area contributed by atoms with Crippen LogP contribution in [0.15, 0.2) is 83.0 Å². The summed E-state index contributed by atoms with van der Waals surface area (Å²) in [5.41, 5.74) is 1.14. The molecule has 3 rings (SSSR count). The second-order valence-electron chi connectivity index (χ2n) is 5.87. The number of nitrogens with one attached hydrogen (secondary N) is 1. The van der Waals surface area contributed by atoms with Gasteiger partial charge in [-0.2, -0.15) is 5.11 Å². The summed E-state index contributed by atoms with van der Waals surface area (Å²) >= 11 is 0. The number of nitrogens with zero attached hydrogens (tertiary/aromatic N) is 2. The number of aromatic hydroxyl groups is 1. The zero-order chi connectivity index (χ0) is 20.6. The molecule has 0 unspecified atom stereocenters. The normalized spacial score (nSPS) is 10.7. The summed E-state index contributed by atoms with van der Waals surface area (Å²) in [7, 11) is 0. The highest BCUT2D eigenvalue weighted by Crippen LogP contribution is 2.24. The molecule has 3 aromatic rings. The molecule has 0 saturated heterocycles. The number of carbonyl (C=O) groups excluding carboxylic acids is 2. The Bertz CT molecular complexity index is 1050. The zero-order valence-corrected chi connectivity index (χ0v) is 15.1. The monoisotopic (exact) mass is 393 g/mol. The van der Waals surface area contributed by atoms with Crippen LogP contribution in [0.3, 0.4) is 0 Å². The summed E-state index contributed by atoms with van der Waals surface area (Å²) in [4.78, 5) is 24.2. The van der Waals surface area contributed by atoms with Crippen molar-refractivity contribution in [3.8, 4) is 5.75 Å². The number of amides is 1. The van der Waals surface area contributed by atoms with Gasteiger partial charge in [-0.25, -0.2) is 9.18 Å². The van der Waals surface area contributed by atoms with Gasteiger partial charge in [0.15, 0.2) is 6.61 Å². The molecule has 0 heterocycles. The van der Waals surface area contributed by atoms with Crippen LogP contribution in [0.1, 0.15) is 10.4 Å². The van der Waals surface area contributed by atoms with Gasteiger partial charge in [0, 0.05) is 5.69 Å². The maximum atomic E-state index is 13.1. The fourth-order valence-electron chi connectivity index (χ4n) is 2.34. The predicted molar refractivity (Wildman–Crippen MR) is 104 cm³/mol. The third-order valence-electron chi connectivity index (χ3n) is 3.69. The van der Waals surface area contributed by atoms with Gasteiger partial charge in [0.1, 0.15) is 17.3 Å². The van der Waals surface area contributed by atoms with Gasteiger partial charge in [0.25, 0.3) is 5.91 Å². The van der Waals surface area contributed by atoms with Crippen molar-refractivity contribution in [1.29, 1.82) is 0 Å². The van der Waals surface area contributed by atoms with E-state index in [0.29, 0.717) is 5.69 Å². The van der Waals surface area contributed by atoms with Crippen molar-refractivity contribution in [3.63, 3.8) is 0 Å². The van der Waals surface area contributed by atoms with Gasteiger partial charge in [0.2, 0.25) is 0 Å². The Labute approximate surface area is 165 Å². The van der Waals surface area contributed by atoms with Gasteiger partial charge in [-0.1, -0.05) is 18.2 Å². The Kier molecular flexibility index (Phi) is 6.26. The summed E-state index contributed by atoms with van der Waals surface area (Å²) in [6.07, 6.45) is 0. The number of ether oxygens (including phenoxy) is 1. The second-order valence-corrected chi connectivity index (χ2v) is 5.87. The average Bonchev–Trinajstić information content (AvgIpc) is 2.72. The van der Waals surface area contributed by atoms with Crippen LogP contribution in [-0.2, 0) is 9.53 Å². The number of phenolic OH excluding ortho intramolecular Hbond substituents is 1. The van der Waals surface area contributed by atoms with E-state index in [2.05, 4.69) is 15.5 Å². The molecule has 0 spiro atoms. The van der Waals surface area contributed by atoms with E-state index in [-0.39, 0.29) is 22.7 Å². The Morgan fingerprint density at radius 3 is 2.48 bits per heavy atom. The SMILES string of the molecule is O=C(COC(=O)c1ccccc1N=Nc1ccc(O)cc1)Nc1cccc(F)c1. The molecule has 29 heavy (non-hydrogen) atoms. The summed E-state index contributed by atoms with van der Waals surface area (Å²) in [5.74, 6) is -1.75. The number of rotatable bonds is 6. The molecule has 146 valence electrons. The lowest BCUT2D eigenvalue weighted by Gasteiger charge is -2.08. The maximum Gasteiger partial charge on any atom is 0.340 e. The van der Waals surface area contributed by atoms with Crippen molar-refractivity contribution in [2.75, 3.05) is 11.9 Å². The number of hydrogen-bond acceptors (Lipinski definition) is 6. The van der Waals surface area contributed by atoms with Gasteiger partial charge in [0.05, 0.1) is 11.3 Å². The molecule has 0 radical (unpaired) electrons. The lowest BCUT2D eigenvalue weighted by molar-refractivity contribution is -0.119. The fourth-order valence-corrected chi connectivity index (χ4v) is 2.34. The highest BCUT2D eigenvalue weighted by Gasteiger charge is 2.14. The first kappa shape index (κ1) is 19.7. The molecule has 3 aromatic carbocycles. The molecule has 0 fully saturated rings. The third-order valence-corrected chi connectivity index (χ3v) is 3.69. The predicted octanol–water partition coefficient (Wildman–Crippen LogP) is 4.74. The Hall–Kier alpha value is -4.07. The largest absolute Gasteiger partial charge is 0.508 e. The third kappa shape index (κ3) is 5.70. The van der Waals surface area contributed by atoms with Crippen molar-refractivity contribution in [3.05, 3.63) is 84.2 Å². The Balaban J connectivity index is 1.63. The van der Waals surface area contributed by atoms with Crippen molar-refractivity contribution < 1.29 is 23.8 Å². The first-order valence-corrected chi connectivity index (χ1v) is 8.53. The molecule has 8 heteroatoms. The van der Waals surface area contributed by atoms with Crippen LogP contribution in [0, 0.1) is 5.82 Å². The van der Waals surface area contributed by atoms with Crippen molar-refractivity contribution in [2.45, 2.75) is 0 Å². The minimum atomic E-state index is -0.750. The summed E-state index contributed by atoms with van der Waals surface area (Å²) in [6, 6.07) is 17.8. The minimum absolute atomic E-state index is 0.101.